The van der Waals surface area contributed by atoms with E-state index in [0.717, 1.165) is 38.0 Å². The van der Waals surface area contributed by atoms with Gasteiger partial charge in [-0.2, -0.15) is 0 Å². The van der Waals surface area contributed by atoms with Crippen molar-refractivity contribution in [3.05, 3.63) is 29.3 Å². The lowest BCUT2D eigenvalue weighted by Gasteiger charge is -2.29. The highest BCUT2D eigenvalue weighted by Gasteiger charge is 2.17. The smallest absolute Gasteiger partial charge is 0.129 e. The van der Waals surface area contributed by atoms with Crippen molar-refractivity contribution in [2.45, 2.75) is 25.5 Å². The van der Waals surface area contributed by atoms with Crippen LogP contribution >= 0.6 is 0 Å². The van der Waals surface area contributed by atoms with E-state index in [-0.39, 0.29) is 11.9 Å². The number of nitrogens with one attached hydrogen (secondary N) is 1. The van der Waals surface area contributed by atoms with Crippen molar-refractivity contribution in [2.24, 2.45) is 5.73 Å². The molecule has 0 amide bonds. The fraction of sp³-hybridized carbons (Fsp3) is 0.500. The summed E-state index contributed by atoms with van der Waals surface area (Å²) >= 11 is 0. The summed E-state index contributed by atoms with van der Waals surface area (Å²) in [5, 5.41) is 17.1. The van der Waals surface area contributed by atoms with E-state index >= 15 is 0 Å². The highest BCUT2D eigenvalue weighted by molar-refractivity contribution is 5.97. The zero-order chi connectivity index (χ0) is 13.8. The Balaban J connectivity index is 2.08. The molecule has 1 aliphatic heterocycles. The molecule has 1 heterocycles. The summed E-state index contributed by atoms with van der Waals surface area (Å²) in [5.74, 6) is 0.651. The van der Waals surface area contributed by atoms with Crippen molar-refractivity contribution >= 4 is 5.84 Å². The van der Waals surface area contributed by atoms with Crippen LogP contribution in [0.2, 0.25) is 0 Å². The second-order valence-electron chi connectivity index (χ2n) is 4.96. The molecule has 0 atom stereocenters. The molecule has 4 N–H and O–H groups in total. The molecule has 1 aromatic carbocycles. The highest BCUT2D eigenvalue weighted by atomic mass is 16.5. The zero-order valence-electron chi connectivity index (χ0n) is 11.2. The predicted octanol–water partition coefficient (Wildman–Crippen LogP) is 0.936. The maximum atomic E-state index is 9.49. The van der Waals surface area contributed by atoms with Crippen molar-refractivity contribution in [3.8, 4) is 5.75 Å². The number of hydrogen-bond acceptors (Lipinski definition) is 4. The molecule has 0 spiro atoms. The number of piperidine rings is 1. The number of likely N-dealkylation sites (tertiary alicyclic amines) is 1. The third-order valence-electron chi connectivity index (χ3n) is 3.52. The predicted molar refractivity (Wildman–Crippen MR) is 74.5 cm³/mol. The van der Waals surface area contributed by atoms with E-state index in [1.807, 2.05) is 18.2 Å². The van der Waals surface area contributed by atoms with Crippen LogP contribution in [0.15, 0.2) is 18.2 Å². The minimum Gasteiger partial charge on any atom is -0.496 e. The molecule has 1 aromatic rings. The van der Waals surface area contributed by atoms with Crippen LogP contribution < -0.4 is 10.5 Å². The van der Waals surface area contributed by atoms with E-state index in [1.54, 1.807) is 7.11 Å². The van der Waals surface area contributed by atoms with Gasteiger partial charge in [-0.15, -0.1) is 0 Å². The SMILES string of the molecule is COc1ccc(CN2CCC(O)CC2)cc1C(=N)N. The van der Waals surface area contributed by atoms with Crippen LogP contribution in [0.5, 0.6) is 5.75 Å². The summed E-state index contributed by atoms with van der Waals surface area (Å²) in [5.41, 5.74) is 7.32. The molecule has 0 saturated carbocycles. The van der Waals surface area contributed by atoms with Crippen molar-refractivity contribution in [2.75, 3.05) is 20.2 Å². The number of nitrogens with zero attached hydrogens (tertiary/aromatic N) is 1. The van der Waals surface area contributed by atoms with Gasteiger partial charge < -0.3 is 15.6 Å². The Kier molecular flexibility index (Phi) is 4.39. The highest BCUT2D eigenvalue weighted by Crippen LogP contribution is 2.21. The number of benzene rings is 1. The first kappa shape index (κ1) is 13.8. The van der Waals surface area contributed by atoms with Gasteiger partial charge >= 0.3 is 0 Å². The number of ether oxygens (including phenoxy) is 1. The van der Waals surface area contributed by atoms with Gasteiger partial charge in [0.2, 0.25) is 0 Å². The lowest BCUT2D eigenvalue weighted by atomic mass is 10.1. The Morgan fingerprint density at radius 2 is 2.16 bits per heavy atom. The van der Waals surface area contributed by atoms with E-state index in [0.29, 0.717) is 11.3 Å². The van der Waals surface area contributed by atoms with Crippen molar-refractivity contribution in [1.82, 2.24) is 4.90 Å². The van der Waals surface area contributed by atoms with Crippen LogP contribution in [-0.2, 0) is 6.54 Å². The molecule has 0 aromatic heterocycles. The Bertz CT molecular complexity index is 454. The third kappa shape index (κ3) is 3.45. The maximum absolute atomic E-state index is 9.49. The lowest BCUT2D eigenvalue weighted by Crippen LogP contribution is -2.35. The Morgan fingerprint density at radius 1 is 1.47 bits per heavy atom. The summed E-state index contributed by atoms with van der Waals surface area (Å²) in [6.45, 7) is 2.63. The molecule has 5 nitrogen and oxygen atoms in total. The Hall–Kier alpha value is -1.59. The number of aliphatic hydroxyl groups excluding tert-OH is 1. The maximum Gasteiger partial charge on any atom is 0.129 e. The fourth-order valence-electron chi connectivity index (χ4n) is 2.40. The number of aliphatic hydroxyl groups is 1. The molecule has 104 valence electrons. The quantitative estimate of drug-likeness (QED) is 0.557. The number of amidine groups is 1. The van der Waals surface area contributed by atoms with Gasteiger partial charge in [-0.1, -0.05) is 6.07 Å². The topological polar surface area (TPSA) is 82.6 Å². The molecule has 1 saturated heterocycles. The van der Waals surface area contributed by atoms with E-state index in [4.69, 9.17) is 15.9 Å². The first-order valence-corrected chi connectivity index (χ1v) is 6.52. The molecule has 0 unspecified atom stereocenters. The van der Waals surface area contributed by atoms with Crippen molar-refractivity contribution < 1.29 is 9.84 Å². The molecule has 0 aliphatic carbocycles. The first-order chi connectivity index (χ1) is 9.10. The number of nitrogens with two attached hydrogens (primary N) is 1. The molecule has 1 aliphatic rings. The molecule has 5 heteroatoms. The summed E-state index contributed by atoms with van der Waals surface area (Å²) in [6, 6.07) is 5.76. The normalized spacial score (nSPS) is 17.4. The third-order valence-corrected chi connectivity index (χ3v) is 3.52. The lowest BCUT2D eigenvalue weighted by molar-refractivity contribution is 0.0792. The molecular weight excluding hydrogens is 242 g/mol. The minimum atomic E-state index is -0.153. The van der Waals surface area contributed by atoms with E-state index in [2.05, 4.69) is 4.90 Å². The van der Waals surface area contributed by atoms with Crippen LogP contribution in [-0.4, -0.2) is 42.1 Å². The molecule has 2 rings (SSSR count). The minimum absolute atomic E-state index is 0.0211. The number of methoxy groups -OCH3 is 1. The first-order valence-electron chi connectivity index (χ1n) is 6.52. The van der Waals surface area contributed by atoms with Gasteiger partial charge in [0, 0.05) is 19.6 Å². The van der Waals surface area contributed by atoms with Crippen LogP contribution in [0.1, 0.15) is 24.0 Å². The van der Waals surface area contributed by atoms with E-state index < -0.39 is 0 Å². The summed E-state index contributed by atoms with van der Waals surface area (Å²) in [6.07, 6.45) is 1.51. The molecule has 0 bridgehead atoms. The van der Waals surface area contributed by atoms with E-state index in [9.17, 15) is 5.11 Å². The summed E-state index contributed by atoms with van der Waals surface area (Å²) in [7, 11) is 1.58. The average Bonchev–Trinajstić information content (AvgIpc) is 2.41. The van der Waals surface area contributed by atoms with Gasteiger partial charge in [-0.25, -0.2) is 0 Å². The zero-order valence-corrected chi connectivity index (χ0v) is 11.2. The second-order valence-corrected chi connectivity index (χ2v) is 4.96. The molecular formula is C14H21N3O2. The van der Waals surface area contributed by atoms with Gasteiger partial charge in [0.15, 0.2) is 0 Å². The number of nitrogen functional groups attached to an aromatic ring is 1. The van der Waals surface area contributed by atoms with Gasteiger partial charge in [-0.05, 0) is 30.5 Å². The fourth-order valence-corrected chi connectivity index (χ4v) is 2.40. The second kappa shape index (κ2) is 6.04. The molecule has 1 fully saturated rings. The van der Waals surface area contributed by atoms with Crippen molar-refractivity contribution in [3.63, 3.8) is 0 Å². The van der Waals surface area contributed by atoms with Gasteiger partial charge in [0.1, 0.15) is 11.6 Å². The number of hydrogen-bond donors (Lipinski definition) is 3. The number of rotatable bonds is 4. The van der Waals surface area contributed by atoms with Crippen LogP contribution in [0.4, 0.5) is 0 Å². The Morgan fingerprint density at radius 3 is 2.74 bits per heavy atom. The van der Waals surface area contributed by atoms with Crippen molar-refractivity contribution in [1.29, 1.82) is 5.41 Å². The van der Waals surface area contributed by atoms with E-state index in [1.165, 1.54) is 0 Å². The van der Waals surface area contributed by atoms with Crippen LogP contribution in [0.25, 0.3) is 0 Å². The summed E-state index contributed by atoms with van der Waals surface area (Å²) in [4.78, 5) is 2.30. The Labute approximate surface area is 113 Å². The van der Waals surface area contributed by atoms with Crippen LogP contribution in [0.3, 0.4) is 0 Å². The van der Waals surface area contributed by atoms with Gasteiger partial charge in [-0.3, -0.25) is 10.3 Å². The summed E-state index contributed by atoms with van der Waals surface area (Å²) < 4.78 is 5.20. The van der Waals surface area contributed by atoms with Gasteiger partial charge in [0.25, 0.3) is 0 Å². The van der Waals surface area contributed by atoms with Crippen LogP contribution in [0, 0.1) is 5.41 Å². The monoisotopic (exact) mass is 263 g/mol. The van der Waals surface area contributed by atoms with Gasteiger partial charge in [0.05, 0.1) is 18.8 Å². The molecule has 19 heavy (non-hydrogen) atoms. The largest absolute Gasteiger partial charge is 0.496 e. The molecule has 0 radical (unpaired) electrons. The average molecular weight is 263 g/mol. The standard InChI is InChI=1S/C14H21N3O2/c1-19-13-3-2-10(8-12(13)14(15)16)9-17-6-4-11(18)5-7-17/h2-3,8,11,18H,4-7,9H2,1H3,(H3,15,16).